The summed E-state index contributed by atoms with van der Waals surface area (Å²) in [5.41, 5.74) is 2.00. The van der Waals surface area contributed by atoms with E-state index in [1.165, 1.54) is 0 Å². The van der Waals surface area contributed by atoms with Crippen LogP contribution in [0.25, 0.3) is 0 Å². The molecule has 3 aromatic rings. The Morgan fingerprint density at radius 2 is 1.53 bits per heavy atom. The SMILES string of the molecule is CC[C@H](C)NC(=O)[C@@H](Cc1ccccc1)N(Cc1ccccc1)C(=O)CCCOc1ccc(Cl)cc1. The van der Waals surface area contributed by atoms with Gasteiger partial charge in [-0.3, -0.25) is 9.59 Å². The number of hydrogen-bond acceptors (Lipinski definition) is 3. The molecule has 0 heterocycles. The van der Waals surface area contributed by atoms with Crippen molar-refractivity contribution in [3.63, 3.8) is 0 Å². The molecule has 36 heavy (non-hydrogen) atoms. The molecule has 2 atom stereocenters. The summed E-state index contributed by atoms with van der Waals surface area (Å²) in [5, 5.41) is 3.74. The van der Waals surface area contributed by atoms with Crippen molar-refractivity contribution in [2.24, 2.45) is 0 Å². The zero-order valence-corrected chi connectivity index (χ0v) is 21.8. The smallest absolute Gasteiger partial charge is 0.243 e. The summed E-state index contributed by atoms with van der Waals surface area (Å²) in [6.07, 6.45) is 2.08. The van der Waals surface area contributed by atoms with Crippen molar-refractivity contribution in [3.8, 4) is 5.75 Å². The molecule has 3 rings (SSSR count). The fraction of sp³-hybridized carbons (Fsp3) is 0.333. The first kappa shape index (κ1) is 27.3. The van der Waals surface area contributed by atoms with E-state index in [9.17, 15) is 9.59 Å². The highest BCUT2D eigenvalue weighted by atomic mass is 35.5. The van der Waals surface area contributed by atoms with Crippen LogP contribution in [0.1, 0.15) is 44.2 Å². The van der Waals surface area contributed by atoms with Crippen LogP contribution in [0.2, 0.25) is 5.02 Å². The Hall–Kier alpha value is -3.31. The van der Waals surface area contributed by atoms with Gasteiger partial charge in [-0.15, -0.1) is 0 Å². The number of nitrogens with zero attached hydrogens (tertiary/aromatic N) is 1. The van der Waals surface area contributed by atoms with Gasteiger partial charge < -0.3 is 15.0 Å². The Balaban J connectivity index is 1.76. The molecule has 2 amide bonds. The van der Waals surface area contributed by atoms with Gasteiger partial charge in [0.15, 0.2) is 0 Å². The molecule has 0 aliphatic rings. The molecule has 0 saturated heterocycles. The van der Waals surface area contributed by atoms with Crippen molar-refractivity contribution in [3.05, 3.63) is 101 Å². The van der Waals surface area contributed by atoms with Gasteiger partial charge in [-0.25, -0.2) is 0 Å². The molecule has 0 saturated carbocycles. The molecule has 0 spiro atoms. The first-order valence-corrected chi connectivity index (χ1v) is 12.9. The molecule has 0 aliphatic heterocycles. The molecule has 0 unspecified atom stereocenters. The van der Waals surface area contributed by atoms with E-state index in [1.54, 1.807) is 29.2 Å². The molecular weight excluding hydrogens is 472 g/mol. The molecule has 190 valence electrons. The molecule has 6 heteroatoms. The average Bonchev–Trinajstić information content (AvgIpc) is 2.90. The first-order valence-electron chi connectivity index (χ1n) is 12.5. The van der Waals surface area contributed by atoms with Crippen LogP contribution < -0.4 is 10.1 Å². The maximum absolute atomic E-state index is 13.6. The lowest BCUT2D eigenvalue weighted by atomic mass is 10.0. The van der Waals surface area contributed by atoms with Gasteiger partial charge in [-0.05, 0) is 55.2 Å². The molecule has 3 aromatic carbocycles. The summed E-state index contributed by atoms with van der Waals surface area (Å²) in [6, 6.07) is 26.2. The monoisotopic (exact) mass is 506 g/mol. The van der Waals surface area contributed by atoms with Crippen molar-refractivity contribution >= 4 is 23.4 Å². The summed E-state index contributed by atoms with van der Waals surface area (Å²) >= 11 is 5.93. The minimum atomic E-state index is -0.619. The lowest BCUT2D eigenvalue weighted by Crippen LogP contribution is -2.52. The topological polar surface area (TPSA) is 58.6 Å². The molecule has 5 nitrogen and oxygen atoms in total. The lowest BCUT2D eigenvalue weighted by Gasteiger charge is -2.32. The fourth-order valence-corrected chi connectivity index (χ4v) is 3.99. The Kier molecular flexibility index (Phi) is 10.8. The van der Waals surface area contributed by atoms with Gasteiger partial charge in [0.1, 0.15) is 11.8 Å². The fourth-order valence-electron chi connectivity index (χ4n) is 3.86. The minimum absolute atomic E-state index is 0.0252. The van der Waals surface area contributed by atoms with Gasteiger partial charge in [0.25, 0.3) is 0 Å². The van der Waals surface area contributed by atoms with Gasteiger partial charge in [-0.1, -0.05) is 79.2 Å². The quantitative estimate of drug-likeness (QED) is 0.287. The zero-order valence-electron chi connectivity index (χ0n) is 21.0. The highest BCUT2D eigenvalue weighted by molar-refractivity contribution is 6.30. The van der Waals surface area contributed by atoms with E-state index >= 15 is 0 Å². The molecular formula is C30H35ClN2O3. The normalized spacial score (nSPS) is 12.4. The lowest BCUT2D eigenvalue weighted by molar-refractivity contribution is -0.141. The minimum Gasteiger partial charge on any atom is -0.494 e. The van der Waals surface area contributed by atoms with Crippen LogP contribution in [-0.2, 0) is 22.6 Å². The third-order valence-corrected chi connectivity index (χ3v) is 6.34. The summed E-state index contributed by atoms with van der Waals surface area (Å²) in [7, 11) is 0. The van der Waals surface area contributed by atoms with Gasteiger partial charge >= 0.3 is 0 Å². The standard InChI is InChI=1S/C30H35ClN2O3/c1-3-23(2)32-30(35)28(21-24-11-6-4-7-12-24)33(22-25-13-8-5-9-14-25)29(34)15-10-20-36-27-18-16-26(31)17-19-27/h4-9,11-14,16-19,23,28H,3,10,15,20-22H2,1-2H3,(H,32,35)/t23-,28+/m0/s1. The summed E-state index contributed by atoms with van der Waals surface area (Å²) < 4.78 is 5.77. The molecule has 1 N–H and O–H groups in total. The third kappa shape index (κ3) is 8.72. The Morgan fingerprint density at radius 3 is 2.14 bits per heavy atom. The van der Waals surface area contributed by atoms with Crippen LogP contribution in [0.4, 0.5) is 0 Å². The van der Waals surface area contributed by atoms with E-state index in [0.29, 0.717) is 36.8 Å². The largest absolute Gasteiger partial charge is 0.494 e. The maximum Gasteiger partial charge on any atom is 0.243 e. The van der Waals surface area contributed by atoms with Crippen LogP contribution in [0.5, 0.6) is 5.75 Å². The van der Waals surface area contributed by atoms with Crippen molar-refractivity contribution < 1.29 is 14.3 Å². The highest BCUT2D eigenvalue weighted by Crippen LogP contribution is 2.18. The second-order valence-electron chi connectivity index (χ2n) is 8.94. The van der Waals surface area contributed by atoms with Gasteiger partial charge in [0.05, 0.1) is 6.61 Å². The zero-order chi connectivity index (χ0) is 25.8. The highest BCUT2D eigenvalue weighted by Gasteiger charge is 2.30. The predicted octanol–water partition coefficient (Wildman–Crippen LogP) is 6.05. The second-order valence-corrected chi connectivity index (χ2v) is 9.37. The number of nitrogens with one attached hydrogen (secondary N) is 1. The van der Waals surface area contributed by atoms with Crippen LogP contribution >= 0.6 is 11.6 Å². The number of carbonyl (C=O) groups is 2. The number of carbonyl (C=O) groups excluding carboxylic acids is 2. The number of amides is 2. The summed E-state index contributed by atoms with van der Waals surface area (Å²) in [6.45, 7) is 4.78. The van der Waals surface area contributed by atoms with E-state index < -0.39 is 6.04 Å². The van der Waals surface area contributed by atoms with Crippen molar-refractivity contribution in [2.45, 2.75) is 58.2 Å². The first-order chi connectivity index (χ1) is 17.5. The number of ether oxygens (including phenoxy) is 1. The van der Waals surface area contributed by atoms with E-state index in [-0.39, 0.29) is 24.3 Å². The van der Waals surface area contributed by atoms with E-state index in [4.69, 9.17) is 16.3 Å². The predicted molar refractivity (Wildman–Crippen MR) is 145 cm³/mol. The van der Waals surface area contributed by atoms with Crippen LogP contribution in [0.15, 0.2) is 84.9 Å². The Labute approximate surface area is 219 Å². The molecule has 0 bridgehead atoms. The van der Waals surface area contributed by atoms with Crippen LogP contribution in [-0.4, -0.2) is 35.4 Å². The summed E-state index contributed by atoms with van der Waals surface area (Å²) in [4.78, 5) is 28.7. The van der Waals surface area contributed by atoms with Gasteiger partial charge in [-0.2, -0.15) is 0 Å². The average molecular weight is 507 g/mol. The molecule has 0 aromatic heterocycles. The van der Waals surface area contributed by atoms with E-state index in [1.807, 2.05) is 74.5 Å². The number of hydrogen-bond donors (Lipinski definition) is 1. The molecule has 0 fully saturated rings. The van der Waals surface area contributed by atoms with Gasteiger partial charge in [0.2, 0.25) is 11.8 Å². The van der Waals surface area contributed by atoms with Crippen molar-refractivity contribution in [2.75, 3.05) is 6.61 Å². The summed E-state index contributed by atoms with van der Waals surface area (Å²) in [5.74, 6) is 0.511. The van der Waals surface area contributed by atoms with Crippen molar-refractivity contribution in [1.82, 2.24) is 10.2 Å². The third-order valence-electron chi connectivity index (χ3n) is 6.09. The molecule has 0 radical (unpaired) electrons. The Bertz CT molecular complexity index is 1070. The maximum atomic E-state index is 13.6. The van der Waals surface area contributed by atoms with Crippen LogP contribution in [0.3, 0.4) is 0 Å². The Morgan fingerprint density at radius 1 is 0.917 bits per heavy atom. The van der Waals surface area contributed by atoms with Gasteiger partial charge in [0, 0.05) is 30.5 Å². The van der Waals surface area contributed by atoms with E-state index in [2.05, 4.69) is 5.32 Å². The number of halogens is 1. The second kappa shape index (κ2) is 14.3. The van der Waals surface area contributed by atoms with E-state index in [0.717, 1.165) is 17.5 Å². The van der Waals surface area contributed by atoms with Crippen LogP contribution in [0, 0.1) is 0 Å². The van der Waals surface area contributed by atoms with Crippen molar-refractivity contribution in [1.29, 1.82) is 0 Å². The molecule has 0 aliphatic carbocycles. The number of benzene rings is 3. The number of rotatable bonds is 13.